The molecule has 4 rings (SSSR count). The first-order valence-electron chi connectivity index (χ1n) is 11.6. The zero-order valence-corrected chi connectivity index (χ0v) is 21.3. The number of carboxylic acids is 1. The number of carbonyl (C=O) groups is 1. The lowest BCUT2D eigenvalue weighted by molar-refractivity contribution is -0.143. The Morgan fingerprint density at radius 2 is 1.72 bits per heavy atom. The highest BCUT2D eigenvalue weighted by Crippen LogP contribution is 2.30. The van der Waals surface area contributed by atoms with E-state index in [1.807, 2.05) is 61.5 Å². The summed E-state index contributed by atoms with van der Waals surface area (Å²) in [5, 5.41) is 21.0. The van der Waals surface area contributed by atoms with E-state index in [-0.39, 0.29) is 6.61 Å². The van der Waals surface area contributed by atoms with Crippen molar-refractivity contribution in [2.75, 3.05) is 0 Å². The Morgan fingerprint density at radius 1 is 1.00 bits per heavy atom. The number of thioether (sulfide) groups is 1. The molecule has 0 fully saturated rings. The summed E-state index contributed by atoms with van der Waals surface area (Å²) in [7, 11) is 0. The van der Waals surface area contributed by atoms with Crippen LogP contribution in [0.5, 0.6) is 5.75 Å². The van der Waals surface area contributed by atoms with Gasteiger partial charge in [0.15, 0.2) is 6.61 Å². The van der Waals surface area contributed by atoms with E-state index < -0.39 is 11.5 Å². The first-order valence-corrected chi connectivity index (χ1v) is 12.6. The summed E-state index contributed by atoms with van der Waals surface area (Å²) in [5.74, 6) is 1.000. The van der Waals surface area contributed by atoms with Crippen molar-refractivity contribution in [3.05, 3.63) is 95.4 Å². The topological polar surface area (TPSA) is 97.5 Å². The highest BCUT2D eigenvalue weighted by Gasteiger charge is 2.25. The molecule has 0 radical (unpaired) electrons. The van der Waals surface area contributed by atoms with Crippen LogP contribution in [-0.4, -0.2) is 26.8 Å². The van der Waals surface area contributed by atoms with Crippen LogP contribution in [0.15, 0.2) is 82.4 Å². The number of nitrogens with one attached hydrogen (secondary N) is 1. The SMILES string of the molecule is Cc1c(OCc2nnc(SCc3ccc(CNC(C)(C)C(=O)O)cc3)o2)cccc1-c1ccccc1. The summed E-state index contributed by atoms with van der Waals surface area (Å²) >= 11 is 1.46. The Hall–Kier alpha value is -3.62. The average molecular weight is 504 g/mol. The third-order valence-electron chi connectivity index (χ3n) is 5.82. The molecule has 0 aliphatic heterocycles. The number of aromatic nitrogens is 2. The third kappa shape index (κ3) is 6.53. The molecule has 2 N–H and O–H groups in total. The van der Waals surface area contributed by atoms with Gasteiger partial charge in [0, 0.05) is 12.3 Å². The van der Waals surface area contributed by atoms with Gasteiger partial charge in [-0.1, -0.05) is 78.5 Å². The normalized spacial score (nSPS) is 11.4. The van der Waals surface area contributed by atoms with E-state index in [1.54, 1.807) is 13.8 Å². The second kappa shape index (κ2) is 11.4. The molecule has 0 aliphatic carbocycles. The van der Waals surface area contributed by atoms with Crippen LogP contribution < -0.4 is 10.1 Å². The van der Waals surface area contributed by atoms with E-state index in [0.717, 1.165) is 33.6 Å². The molecular formula is C28H29N3O4S. The molecule has 0 amide bonds. The van der Waals surface area contributed by atoms with Gasteiger partial charge in [0.1, 0.15) is 11.3 Å². The molecule has 7 nitrogen and oxygen atoms in total. The summed E-state index contributed by atoms with van der Waals surface area (Å²) in [4.78, 5) is 11.2. The van der Waals surface area contributed by atoms with Crippen molar-refractivity contribution in [1.82, 2.24) is 15.5 Å². The molecule has 0 bridgehead atoms. The number of hydrogen-bond acceptors (Lipinski definition) is 7. The van der Waals surface area contributed by atoms with E-state index in [4.69, 9.17) is 9.15 Å². The van der Waals surface area contributed by atoms with E-state index in [2.05, 4.69) is 33.7 Å². The van der Waals surface area contributed by atoms with E-state index in [9.17, 15) is 9.90 Å². The standard InChI is InChI=1S/C28H29N3O4S/c1-19-23(22-8-5-4-6-9-22)10-7-11-24(19)34-17-25-30-31-27(35-25)36-18-21-14-12-20(13-15-21)16-29-28(2,3)26(32)33/h4-15,29H,16-18H2,1-3H3,(H,32,33). The molecule has 186 valence electrons. The van der Waals surface area contributed by atoms with Crippen LogP contribution in [0.2, 0.25) is 0 Å². The van der Waals surface area contributed by atoms with Gasteiger partial charge in [-0.05, 0) is 54.7 Å². The molecule has 3 aromatic carbocycles. The quantitative estimate of drug-likeness (QED) is 0.245. The predicted octanol–water partition coefficient (Wildman–Crippen LogP) is 5.87. The molecule has 8 heteroatoms. The lowest BCUT2D eigenvalue weighted by Gasteiger charge is -2.21. The molecular weight excluding hydrogens is 474 g/mol. The largest absolute Gasteiger partial charge is 0.484 e. The lowest BCUT2D eigenvalue weighted by atomic mass is 10.00. The molecule has 0 aliphatic rings. The van der Waals surface area contributed by atoms with Gasteiger partial charge in [0.05, 0.1) is 0 Å². The van der Waals surface area contributed by atoms with Gasteiger partial charge in [0.2, 0.25) is 0 Å². The van der Waals surface area contributed by atoms with Crippen molar-refractivity contribution in [2.24, 2.45) is 0 Å². The molecule has 0 saturated carbocycles. The van der Waals surface area contributed by atoms with Gasteiger partial charge >= 0.3 is 5.97 Å². The predicted molar refractivity (Wildman–Crippen MR) is 140 cm³/mol. The Bertz CT molecular complexity index is 1300. The number of carboxylic acid groups (broad SMARTS) is 1. The summed E-state index contributed by atoms with van der Waals surface area (Å²) < 4.78 is 11.7. The molecule has 1 heterocycles. The van der Waals surface area contributed by atoms with Gasteiger partial charge < -0.3 is 14.3 Å². The van der Waals surface area contributed by atoms with Crippen molar-refractivity contribution < 1.29 is 19.1 Å². The smallest absolute Gasteiger partial charge is 0.323 e. The molecule has 0 unspecified atom stereocenters. The maximum atomic E-state index is 11.2. The Labute approximate surface area is 214 Å². The van der Waals surface area contributed by atoms with Crippen LogP contribution in [0.3, 0.4) is 0 Å². The van der Waals surface area contributed by atoms with Gasteiger partial charge in [-0.15, -0.1) is 10.2 Å². The molecule has 4 aromatic rings. The number of nitrogens with zero attached hydrogens (tertiary/aromatic N) is 2. The number of ether oxygens (including phenoxy) is 1. The average Bonchev–Trinajstić information content (AvgIpc) is 3.34. The Kier molecular flexibility index (Phi) is 8.07. The van der Waals surface area contributed by atoms with E-state index >= 15 is 0 Å². The Morgan fingerprint density at radius 3 is 2.44 bits per heavy atom. The van der Waals surface area contributed by atoms with Crippen molar-refractivity contribution in [3.63, 3.8) is 0 Å². The van der Waals surface area contributed by atoms with Crippen molar-refractivity contribution in [2.45, 2.75) is 50.4 Å². The minimum absolute atomic E-state index is 0.195. The van der Waals surface area contributed by atoms with Crippen LogP contribution in [-0.2, 0) is 23.7 Å². The first-order chi connectivity index (χ1) is 17.3. The van der Waals surface area contributed by atoms with Gasteiger partial charge in [-0.3, -0.25) is 10.1 Å². The fourth-order valence-electron chi connectivity index (χ4n) is 3.49. The maximum Gasteiger partial charge on any atom is 0.323 e. The van der Waals surface area contributed by atoms with Crippen molar-refractivity contribution in [1.29, 1.82) is 0 Å². The van der Waals surface area contributed by atoms with Crippen LogP contribution >= 0.6 is 11.8 Å². The van der Waals surface area contributed by atoms with E-state index in [0.29, 0.717) is 23.4 Å². The van der Waals surface area contributed by atoms with Crippen molar-refractivity contribution >= 4 is 17.7 Å². The lowest BCUT2D eigenvalue weighted by Crippen LogP contribution is -2.46. The summed E-state index contributed by atoms with van der Waals surface area (Å²) in [6, 6.07) is 24.2. The summed E-state index contributed by atoms with van der Waals surface area (Å²) in [5.41, 5.74) is 4.47. The van der Waals surface area contributed by atoms with Crippen LogP contribution in [0.1, 0.15) is 36.4 Å². The van der Waals surface area contributed by atoms with E-state index in [1.165, 1.54) is 11.8 Å². The number of hydrogen-bond donors (Lipinski definition) is 2. The van der Waals surface area contributed by atoms with Crippen LogP contribution in [0, 0.1) is 6.92 Å². The zero-order chi connectivity index (χ0) is 25.5. The van der Waals surface area contributed by atoms with Gasteiger partial charge in [-0.2, -0.15) is 0 Å². The van der Waals surface area contributed by atoms with Crippen LogP contribution in [0.4, 0.5) is 0 Å². The fraction of sp³-hybridized carbons (Fsp3) is 0.250. The molecule has 0 saturated heterocycles. The second-order valence-corrected chi connectivity index (χ2v) is 9.86. The van der Waals surface area contributed by atoms with Crippen LogP contribution in [0.25, 0.3) is 11.1 Å². The minimum atomic E-state index is -0.975. The number of rotatable bonds is 11. The zero-order valence-electron chi connectivity index (χ0n) is 20.5. The highest BCUT2D eigenvalue weighted by molar-refractivity contribution is 7.98. The fourth-order valence-corrected chi connectivity index (χ4v) is 4.23. The first kappa shape index (κ1) is 25.5. The second-order valence-electron chi connectivity index (χ2n) is 8.93. The third-order valence-corrected chi connectivity index (χ3v) is 6.71. The van der Waals surface area contributed by atoms with Crippen molar-refractivity contribution in [3.8, 4) is 16.9 Å². The highest BCUT2D eigenvalue weighted by atomic mass is 32.2. The molecule has 0 atom stereocenters. The molecule has 36 heavy (non-hydrogen) atoms. The number of aliphatic carboxylic acids is 1. The molecule has 1 aromatic heterocycles. The maximum absolute atomic E-state index is 11.2. The number of benzene rings is 3. The molecule has 0 spiro atoms. The summed E-state index contributed by atoms with van der Waals surface area (Å²) in [6.45, 7) is 6.01. The minimum Gasteiger partial charge on any atom is -0.484 e. The Balaban J connectivity index is 1.29. The monoisotopic (exact) mass is 503 g/mol. The summed E-state index contributed by atoms with van der Waals surface area (Å²) in [6.07, 6.45) is 0. The van der Waals surface area contributed by atoms with Gasteiger partial charge in [0.25, 0.3) is 11.1 Å². The van der Waals surface area contributed by atoms with Gasteiger partial charge in [-0.25, -0.2) is 0 Å².